The van der Waals surface area contributed by atoms with Crippen molar-refractivity contribution < 1.29 is 23.1 Å². The highest BCUT2D eigenvalue weighted by molar-refractivity contribution is 7.89. The molecule has 7 nitrogen and oxygen atoms in total. The molecule has 3 aliphatic carbocycles. The quantitative estimate of drug-likeness (QED) is 0.632. The van der Waals surface area contributed by atoms with Gasteiger partial charge in [-0.1, -0.05) is 37.5 Å². The largest absolute Gasteiger partial charge is 0.496 e. The zero-order chi connectivity index (χ0) is 25.4. The van der Waals surface area contributed by atoms with E-state index in [9.17, 15) is 18.3 Å². The number of aromatic nitrogens is 1. The van der Waals surface area contributed by atoms with Crippen molar-refractivity contribution in [3.05, 3.63) is 63.9 Å². The van der Waals surface area contributed by atoms with Crippen LogP contribution in [0.4, 0.5) is 0 Å². The van der Waals surface area contributed by atoms with Crippen molar-refractivity contribution in [3.63, 3.8) is 0 Å². The molecule has 36 heavy (non-hydrogen) atoms. The van der Waals surface area contributed by atoms with Crippen LogP contribution >= 0.6 is 0 Å². The zero-order valence-corrected chi connectivity index (χ0v) is 21.8. The number of hydrogen-bond acceptors (Lipinski definition) is 4. The maximum atomic E-state index is 13.6. The first kappa shape index (κ1) is 23.6. The number of ether oxygens (including phenoxy) is 1. The van der Waals surface area contributed by atoms with Gasteiger partial charge in [-0.3, -0.25) is 0 Å². The molecule has 190 valence electrons. The lowest BCUT2D eigenvalue weighted by Crippen LogP contribution is -2.39. The third-order valence-electron chi connectivity index (χ3n) is 8.54. The van der Waals surface area contributed by atoms with E-state index >= 15 is 0 Å². The SMILES string of the molecule is COc1ccc(C2CCCCC2)c2c1cc1n2CC2=C(C(=O)O)C2=C2C=CC[C@@H](S(=O)(=O)N(C)C)C21. The standard InChI is InChI=1S/C28H32N2O5S/c1-29(2)36(33,34)23-11-7-10-18-24-20(26(24)28(31)32)15-30-21(25(18)23)14-19-22(35-3)13-12-17(27(19)30)16-8-5-4-6-9-16/h7,10,12-14,16,23,25H,4-6,8-9,11,15H2,1-3H3,(H,31,32)/t23-,25?/m1/s1. The number of hydrogen-bond donors (Lipinski definition) is 1. The fraction of sp³-hybridized carbons (Fsp3) is 0.464. The summed E-state index contributed by atoms with van der Waals surface area (Å²) >= 11 is 0. The van der Waals surface area contributed by atoms with Crippen LogP contribution in [0.15, 0.2) is 52.6 Å². The van der Waals surface area contributed by atoms with E-state index in [1.807, 2.05) is 18.2 Å². The second kappa shape index (κ2) is 8.35. The summed E-state index contributed by atoms with van der Waals surface area (Å²) in [5.74, 6) is -0.205. The van der Waals surface area contributed by atoms with Gasteiger partial charge in [-0.25, -0.2) is 17.5 Å². The number of fused-ring (bicyclic) bond motifs is 6. The average molecular weight is 509 g/mol. The summed E-state index contributed by atoms with van der Waals surface area (Å²) in [6.07, 6.45) is 10.1. The number of methoxy groups -OCH3 is 1. The number of allylic oxidation sites excluding steroid dienone is 4. The molecule has 1 aromatic heterocycles. The first-order chi connectivity index (χ1) is 17.3. The van der Waals surface area contributed by atoms with E-state index in [-0.39, 0.29) is 0 Å². The van der Waals surface area contributed by atoms with E-state index in [0.717, 1.165) is 51.9 Å². The Kier molecular flexibility index (Phi) is 5.46. The highest BCUT2D eigenvalue weighted by Crippen LogP contribution is 2.54. The van der Waals surface area contributed by atoms with Crippen LogP contribution in [0.1, 0.15) is 61.6 Å². The molecule has 1 N–H and O–H groups in total. The molecule has 0 saturated heterocycles. The Morgan fingerprint density at radius 1 is 1.17 bits per heavy atom. The molecule has 1 aromatic carbocycles. The minimum absolute atomic E-state index is 0.345. The minimum Gasteiger partial charge on any atom is -0.496 e. The lowest BCUT2D eigenvalue weighted by molar-refractivity contribution is -0.132. The van der Waals surface area contributed by atoms with Gasteiger partial charge in [0.15, 0.2) is 0 Å². The molecule has 4 aliphatic rings. The number of carboxylic acids is 1. The summed E-state index contributed by atoms with van der Waals surface area (Å²) in [6.45, 7) is 0.436. The highest BCUT2D eigenvalue weighted by Gasteiger charge is 2.48. The van der Waals surface area contributed by atoms with E-state index in [4.69, 9.17) is 4.74 Å². The van der Waals surface area contributed by atoms with Gasteiger partial charge in [-0.15, -0.1) is 0 Å². The second-order valence-corrected chi connectivity index (χ2v) is 12.9. The highest BCUT2D eigenvalue weighted by atomic mass is 32.2. The van der Waals surface area contributed by atoms with Crippen molar-refractivity contribution in [2.75, 3.05) is 21.2 Å². The molecule has 0 bridgehead atoms. The van der Waals surface area contributed by atoms with Crippen LogP contribution in [0.5, 0.6) is 5.75 Å². The molecular weight excluding hydrogens is 476 g/mol. The number of nitrogens with zero attached hydrogens (tertiary/aromatic N) is 2. The molecule has 0 spiro atoms. The van der Waals surface area contributed by atoms with E-state index in [2.05, 4.69) is 16.7 Å². The van der Waals surface area contributed by atoms with E-state index in [0.29, 0.717) is 24.5 Å². The third-order valence-corrected chi connectivity index (χ3v) is 10.8. The summed E-state index contributed by atoms with van der Waals surface area (Å²) < 4.78 is 36.4. The third kappa shape index (κ3) is 3.34. The molecule has 0 amide bonds. The number of rotatable bonds is 5. The number of benzene rings is 1. The van der Waals surface area contributed by atoms with Gasteiger partial charge >= 0.3 is 5.97 Å². The summed E-state index contributed by atoms with van der Waals surface area (Å²) in [7, 11) is 1.18. The Hall–Kier alpha value is -2.84. The number of carbonyl (C=O) groups is 1. The van der Waals surface area contributed by atoms with Crippen LogP contribution in [0.2, 0.25) is 0 Å². The maximum Gasteiger partial charge on any atom is 0.336 e. The lowest BCUT2D eigenvalue weighted by atomic mass is 9.83. The fourth-order valence-corrected chi connectivity index (χ4v) is 8.30. The lowest BCUT2D eigenvalue weighted by Gasteiger charge is -2.32. The van der Waals surface area contributed by atoms with Gasteiger partial charge in [-0.2, -0.15) is 0 Å². The van der Waals surface area contributed by atoms with Crippen LogP contribution in [-0.2, 0) is 21.4 Å². The zero-order valence-electron chi connectivity index (χ0n) is 21.0. The molecule has 2 heterocycles. The Labute approximate surface area is 211 Å². The maximum absolute atomic E-state index is 13.6. The van der Waals surface area contributed by atoms with E-state index < -0.39 is 27.2 Å². The Balaban J connectivity index is 1.65. The molecule has 2 atom stereocenters. The van der Waals surface area contributed by atoms with Crippen molar-refractivity contribution >= 4 is 26.9 Å². The van der Waals surface area contributed by atoms with Crippen LogP contribution in [0.3, 0.4) is 0 Å². The predicted octanol–water partition coefficient (Wildman–Crippen LogP) is 4.71. The molecule has 2 aromatic rings. The molecule has 1 saturated carbocycles. The van der Waals surface area contributed by atoms with Crippen molar-refractivity contribution in [1.82, 2.24) is 8.87 Å². The summed E-state index contributed by atoms with van der Waals surface area (Å²) in [5.41, 5.74) is 5.96. The van der Waals surface area contributed by atoms with E-state index in [1.165, 1.54) is 29.1 Å². The van der Waals surface area contributed by atoms with Crippen LogP contribution in [0.25, 0.3) is 10.9 Å². The summed E-state index contributed by atoms with van der Waals surface area (Å²) in [5, 5.41) is 10.2. The molecule has 0 radical (unpaired) electrons. The molecule has 1 aliphatic heterocycles. The van der Waals surface area contributed by atoms with Crippen LogP contribution in [0, 0.1) is 0 Å². The topological polar surface area (TPSA) is 88.8 Å². The van der Waals surface area contributed by atoms with Crippen LogP contribution in [-0.4, -0.2) is 54.8 Å². The Morgan fingerprint density at radius 2 is 1.92 bits per heavy atom. The number of sulfonamides is 1. The first-order valence-electron chi connectivity index (χ1n) is 12.7. The van der Waals surface area contributed by atoms with Crippen molar-refractivity contribution in [2.24, 2.45) is 0 Å². The van der Waals surface area contributed by atoms with Crippen molar-refractivity contribution in [2.45, 2.75) is 62.2 Å². The number of carboxylic acid groups (broad SMARTS) is 1. The smallest absolute Gasteiger partial charge is 0.336 e. The van der Waals surface area contributed by atoms with Crippen LogP contribution < -0.4 is 4.74 Å². The van der Waals surface area contributed by atoms with Crippen molar-refractivity contribution in [1.29, 1.82) is 0 Å². The van der Waals surface area contributed by atoms with Gasteiger partial charge < -0.3 is 14.4 Å². The average Bonchev–Trinajstić information content (AvgIpc) is 3.50. The van der Waals surface area contributed by atoms with E-state index in [1.54, 1.807) is 21.2 Å². The number of aliphatic carboxylic acids is 1. The monoisotopic (exact) mass is 508 g/mol. The molecule has 8 heteroatoms. The summed E-state index contributed by atoms with van der Waals surface area (Å²) in [4.78, 5) is 12.2. The predicted molar refractivity (Wildman–Crippen MR) is 139 cm³/mol. The molecular formula is C28H32N2O5S. The Bertz CT molecular complexity index is 1490. The normalized spacial score (nSPS) is 24.0. The molecule has 1 fully saturated rings. The van der Waals surface area contributed by atoms with Gasteiger partial charge in [0.2, 0.25) is 10.0 Å². The van der Waals surface area contributed by atoms with Gasteiger partial charge in [0.05, 0.1) is 23.4 Å². The van der Waals surface area contributed by atoms with Crippen molar-refractivity contribution in [3.8, 4) is 5.75 Å². The molecule has 6 rings (SSSR count). The van der Waals surface area contributed by atoms with Gasteiger partial charge in [0, 0.05) is 37.6 Å². The second-order valence-electron chi connectivity index (χ2n) is 10.6. The fourth-order valence-electron chi connectivity index (χ4n) is 6.77. The van der Waals surface area contributed by atoms with Gasteiger partial charge in [0.25, 0.3) is 0 Å². The summed E-state index contributed by atoms with van der Waals surface area (Å²) in [6, 6.07) is 6.30. The molecule has 1 unspecified atom stereocenters. The van der Waals surface area contributed by atoms with Gasteiger partial charge in [0.1, 0.15) is 5.75 Å². The van der Waals surface area contributed by atoms with Gasteiger partial charge in [-0.05, 0) is 59.6 Å². The Morgan fingerprint density at radius 3 is 2.58 bits per heavy atom. The first-order valence-corrected chi connectivity index (χ1v) is 14.2. The minimum atomic E-state index is -3.62.